The van der Waals surface area contributed by atoms with E-state index in [1.807, 2.05) is 54.6 Å². The average molecular weight is 347 g/mol. The quantitative estimate of drug-likeness (QED) is 0.843. The highest BCUT2D eigenvalue weighted by Gasteiger charge is 2.17. The largest absolute Gasteiger partial charge is 0.478 e. The molecule has 2 rings (SSSR count). The van der Waals surface area contributed by atoms with Gasteiger partial charge in [-0.2, -0.15) is 0 Å². The van der Waals surface area contributed by atoms with Crippen molar-refractivity contribution in [2.45, 2.75) is 12.5 Å². The first kappa shape index (κ1) is 15.3. The molecule has 0 fully saturated rings. The van der Waals surface area contributed by atoms with Crippen LogP contribution >= 0.6 is 15.9 Å². The highest BCUT2D eigenvalue weighted by Crippen LogP contribution is 2.18. The number of aliphatic carboxylic acids is 1. The van der Waals surface area contributed by atoms with Crippen molar-refractivity contribution in [2.75, 3.05) is 0 Å². The zero-order valence-corrected chi connectivity index (χ0v) is 12.9. The Morgan fingerprint density at radius 3 is 2.43 bits per heavy atom. The summed E-state index contributed by atoms with van der Waals surface area (Å²) in [7, 11) is 0. The van der Waals surface area contributed by atoms with Crippen LogP contribution in [0.15, 0.2) is 65.1 Å². The zero-order chi connectivity index (χ0) is 15.1. The van der Waals surface area contributed by atoms with Crippen LogP contribution in [0.2, 0.25) is 0 Å². The van der Waals surface area contributed by atoms with Crippen LogP contribution < -0.4 is 4.74 Å². The molecular weight excluding hydrogens is 332 g/mol. The summed E-state index contributed by atoms with van der Waals surface area (Å²) >= 11 is 3.33. The van der Waals surface area contributed by atoms with Gasteiger partial charge >= 0.3 is 5.97 Å². The van der Waals surface area contributed by atoms with Crippen molar-refractivity contribution in [2.24, 2.45) is 0 Å². The molecule has 0 aliphatic rings. The van der Waals surface area contributed by atoms with Crippen LogP contribution in [0.4, 0.5) is 0 Å². The molecule has 21 heavy (non-hydrogen) atoms. The van der Waals surface area contributed by atoms with Crippen molar-refractivity contribution in [1.29, 1.82) is 0 Å². The first-order valence-corrected chi connectivity index (χ1v) is 7.31. The Morgan fingerprint density at radius 2 is 1.81 bits per heavy atom. The van der Waals surface area contributed by atoms with Gasteiger partial charge in [-0.25, -0.2) is 4.79 Å². The molecule has 3 nitrogen and oxygen atoms in total. The molecule has 0 unspecified atom stereocenters. The monoisotopic (exact) mass is 346 g/mol. The van der Waals surface area contributed by atoms with Gasteiger partial charge in [-0.05, 0) is 29.8 Å². The van der Waals surface area contributed by atoms with E-state index in [2.05, 4.69) is 15.9 Å². The molecule has 0 amide bonds. The lowest BCUT2D eigenvalue weighted by atomic mass is 10.1. The van der Waals surface area contributed by atoms with Crippen LogP contribution in [0.1, 0.15) is 12.0 Å². The molecule has 0 bridgehead atoms. The maximum Gasteiger partial charge on any atom is 0.345 e. The summed E-state index contributed by atoms with van der Waals surface area (Å²) in [5, 5.41) is 9.22. The molecule has 1 atom stereocenters. The van der Waals surface area contributed by atoms with Gasteiger partial charge in [0.05, 0.1) is 0 Å². The van der Waals surface area contributed by atoms with Gasteiger partial charge in [-0.3, -0.25) is 0 Å². The molecule has 0 heterocycles. The third kappa shape index (κ3) is 5.08. The van der Waals surface area contributed by atoms with Gasteiger partial charge in [0.25, 0.3) is 0 Å². The fourth-order valence-corrected chi connectivity index (χ4v) is 2.03. The normalized spacial score (nSPS) is 12.2. The molecule has 0 radical (unpaired) electrons. The fraction of sp³-hybridized carbons (Fsp3) is 0.118. The molecule has 0 spiro atoms. The second kappa shape index (κ2) is 7.64. The third-order valence-electron chi connectivity index (χ3n) is 2.83. The summed E-state index contributed by atoms with van der Waals surface area (Å²) < 4.78 is 6.42. The molecule has 2 aromatic rings. The van der Waals surface area contributed by atoms with Gasteiger partial charge in [0.2, 0.25) is 0 Å². The van der Waals surface area contributed by atoms with E-state index < -0.39 is 12.1 Å². The van der Waals surface area contributed by atoms with Gasteiger partial charge in [0, 0.05) is 10.9 Å². The number of hydrogen-bond acceptors (Lipinski definition) is 2. The van der Waals surface area contributed by atoms with E-state index in [1.165, 1.54) is 0 Å². The molecule has 1 N–H and O–H groups in total. The lowest BCUT2D eigenvalue weighted by Gasteiger charge is -2.13. The molecule has 4 heteroatoms. The van der Waals surface area contributed by atoms with E-state index in [9.17, 15) is 9.90 Å². The molecule has 0 saturated carbocycles. The zero-order valence-electron chi connectivity index (χ0n) is 11.3. The first-order valence-electron chi connectivity index (χ1n) is 6.52. The van der Waals surface area contributed by atoms with Gasteiger partial charge in [-0.15, -0.1) is 0 Å². The summed E-state index contributed by atoms with van der Waals surface area (Å²) in [4.78, 5) is 11.2. The molecule has 108 valence electrons. The average Bonchev–Trinajstić information content (AvgIpc) is 2.49. The Balaban J connectivity index is 1.98. The van der Waals surface area contributed by atoms with Crippen molar-refractivity contribution in [3.63, 3.8) is 0 Å². The standard InChI is InChI=1S/C17H15BrO3/c18-14-9-11-15(12-10-14)21-16(17(19)20)8-4-7-13-5-2-1-3-6-13/h1-7,9-12,16H,8H2,(H,19,20)/t16-/m1/s1. The highest BCUT2D eigenvalue weighted by atomic mass is 79.9. The Hall–Kier alpha value is -2.07. The van der Waals surface area contributed by atoms with Crippen molar-refractivity contribution < 1.29 is 14.6 Å². The van der Waals surface area contributed by atoms with Crippen molar-refractivity contribution >= 4 is 28.0 Å². The number of carboxylic acid groups (broad SMARTS) is 1. The minimum atomic E-state index is -0.976. The predicted molar refractivity (Wildman–Crippen MR) is 86.3 cm³/mol. The maximum atomic E-state index is 11.2. The number of ether oxygens (including phenoxy) is 1. The van der Waals surface area contributed by atoms with Gasteiger partial charge < -0.3 is 9.84 Å². The van der Waals surface area contributed by atoms with Crippen LogP contribution in [0.25, 0.3) is 6.08 Å². The number of carboxylic acids is 1. The first-order chi connectivity index (χ1) is 10.1. The molecule has 0 aliphatic carbocycles. The van der Waals surface area contributed by atoms with E-state index in [4.69, 9.17) is 4.74 Å². The van der Waals surface area contributed by atoms with E-state index >= 15 is 0 Å². The molecular formula is C17H15BrO3. The summed E-state index contributed by atoms with van der Waals surface area (Å²) in [6.07, 6.45) is 3.11. The lowest BCUT2D eigenvalue weighted by Crippen LogP contribution is -2.26. The Labute approximate surface area is 132 Å². The Kier molecular flexibility index (Phi) is 5.58. The minimum absolute atomic E-state index is 0.306. The second-order valence-electron chi connectivity index (χ2n) is 4.45. The van der Waals surface area contributed by atoms with Crippen LogP contribution in [0, 0.1) is 0 Å². The number of benzene rings is 2. The third-order valence-corrected chi connectivity index (χ3v) is 3.36. The maximum absolute atomic E-state index is 11.2. The molecule has 0 saturated heterocycles. The van der Waals surface area contributed by atoms with Crippen LogP contribution in [0.5, 0.6) is 5.75 Å². The molecule has 0 aromatic heterocycles. The van der Waals surface area contributed by atoms with Crippen LogP contribution in [0.3, 0.4) is 0 Å². The van der Waals surface area contributed by atoms with Crippen molar-refractivity contribution in [1.82, 2.24) is 0 Å². The smallest absolute Gasteiger partial charge is 0.345 e. The summed E-state index contributed by atoms with van der Waals surface area (Å²) in [6, 6.07) is 16.8. The van der Waals surface area contributed by atoms with Gasteiger partial charge in [-0.1, -0.05) is 58.4 Å². The van der Waals surface area contributed by atoms with E-state index in [1.54, 1.807) is 12.1 Å². The van der Waals surface area contributed by atoms with Crippen LogP contribution in [-0.4, -0.2) is 17.2 Å². The van der Waals surface area contributed by atoms with E-state index in [-0.39, 0.29) is 0 Å². The molecule has 2 aromatic carbocycles. The van der Waals surface area contributed by atoms with Gasteiger partial charge in [0.15, 0.2) is 6.10 Å². The molecule has 0 aliphatic heterocycles. The van der Waals surface area contributed by atoms with Gasteiger partial charge in [0.1, 0.15) is 5.75 Å². The summed E-state index contributed by atoms with van der Waals surface area (Å²) in [6.45, 7) is 0. The second-order valence-corrected chi connectivity index (χ2v) is 5.36. The summed E-state index contributed by atoms with van der Waals surface area (Å²) in [5.74, 6) is -0.436. The SMILES string of the molecule is O=C(O)[C@@H](CC=Cc1ccccc1)Oc1ccc(Br)cc1. The fourth-order valence-electron chi connectivity index (χ4n) is 1.77. The predicted octanol–water partition coefficient (Wildman–Crippen LogP) is 4.38. The topological polar surface area (TPSA) is 46.5 Å². The summed E-state index contributed by atoms with van der Waals surface area (Å²) in [5.41, 5.74) is 1.03. The number of carbonyl (C=O) groups is 1. The van der Waals surface area contributed by atoms with Crippen LogP contribution in [-0.2, 0) is 4.79 Å². The number of halogens is 1. The Morgan fingerprint density at radius 1 is 1.14 bits per heavy atom. The van der Waals surface area contributed by atoms with Crippen molar-refractivity contribution in [3.8, 4) is 5.75 Å². The highest BCUT2D eigenvalue weighted by molar-refractivity contribution is 9.10. The number of rotatable bonds is 6. The van der Waals surface area contributed by atoms with E-state index in [0.717, 1.165) is 10.0 Å². The van der Waals surface area contributed by atoms with Crippen molar-refractivity contribution in [3.05, 3.63) is 70.7 Å². The minimum Gasteiger partial charge on any atom is -0.478 e. The Bertz CT molecular complexity index is 606. The lowest BCUT2D eigenvalue weighted by molar-refractivity contribution is -0.144. The van der Waals surface area contributed by atoms with E-state index in [0.29, 0.717) is 12.2 Å². The number of hydrogen-bond donors (Lipinski definition) is 1.